The number of rotatable bonds is 7. The van der Waals surface area contributed by atoms with Crippen molar-refractivity contribution in [3.8, 4) is 0 Å². The minimum Gasteiger partial charge on any atom is -0.465 e. The molecule has 0 rings (SSSR count). The zero-order valence-electron chi connectivity index (χ0n) is 11.1. The average molecular weight is 257 g/mol. The highest BCUT2D eigenvalue weighted by molar-refractivity contribution is 6.00. The number of hydrogen-bond donors (Lipinski definition) is 0. The number of carbonyl (C=O) groups is 2. The molecule has 0 radical (unpaired) electrons. The van der Waals surface area contributed by atoms with E-state index in [0.717, 1.165) is 6.20 Å². The third-order valence-corrected chi connectivity index (χ3v) is 2.21. The monoisotopic (exact) mass is 257 g/mol. The minimum atomic E-state index is -1.17. The van der Waals surface area contributed by atoms with E-state index in [1.54, 1.807) is 6.92 Å². The van der Waals surface area contributed by atoms with Crippen molar-refractivity contribution in [1.29, 1.82) is 0 Å². The molecule has 0 saturated carbocycles. The summed E-state index contributed by atoms with van der Waals surface area (Å²) < 4.78 is 4.79. The first-order chi connectivity index (χ1) is 8.29. The molecule has 0 aromatic rings. The Morgan fingerprint density at radius 2 is 1.94 bits per heavy atom. The largest absolute Gasteiger partial charge is 0.465 e. The van der Waals surface area contributed by atoms with Crippen molar-refractivity contribution in [3.05, 3.63) is 21.9 Å². The Morgan fingerprint density at radius 3 is 2.28 bits per heavy atom. The Kier molecular flexibility index (Phi) is 6.85. The number of hydrogen-bond acceptors (Lipinski definition) is 5. The number of nitro groups is 1. The number of carbonyl (C=O) groups excluding carboxylic acids is 2. The molecule has 0 aliphatic rings. The van der Waals surface area contributed by atoms with Gasteiger partial charge in [0.2, 0.25) is 6.20 Å². The van der Waals surface area contributed by atoms with E-state index in [2.05, 4.69) is 0 Å². The van der Waals surface area contributed by atoms with Crippen molar-refractivity contribution in [3.63, 3.8) is 0 Å². The predicted octanol–water partition coefficient (Wildman–Crippen LogP) is 1.96. The smallest absolute Gasteiger partial charge is 0.320 e. The third-order valence-electron chi connectivity index (χ3n) is 2.21. The zero-order valence-corrected chi connectivity index (χ0v) is 11.1. The van der Waals surface area contributed by atoms with Crippen LogP contribution in [0.4, 0.5) is 0 Å². The second-order valence-corrected chi connectivity index (χ2v) is 4.38. The molecule has 0 saturated heterocycles. The number of Topliss-reactive ketones (excluding diaryl/α,β-unsaturated/α-hetero) is 1. The average Bonchev–Trinajstić information content (AvgIpc) is 2.14. The van der Waals surface area contributed by atoms with E-state index in [9.17, 15) is 19.7 Å². The molecule has 0 aliphatic carbocycles. The lowest BCUT2D eigenvalue weighted by atomic mass is 9.89. The van der Waals surface area contributed by atoms with Crippen LogP contribution in [0.5, 0.6) is 0 Å². The van der Waals surface area contributed by atoms with Crippen molar-refractivity contribution < 1.29 is 19.2 Å². The van der Waals surface area contributed by atoms with Crippen LogP contribution in [0.15, 0.2) is 11.8 Å². The van der Waals surface area contributed by atoms with Gasteiger partial charge >= 0.3 is 5.97 Å². The van der Waals surface area contributed by atoms with E-state index < -0.39 is 22.6 Å². The highest BCUT2D eigenvalue weighted by Crippen LogP contribution is 2.22. The van der Waals surface area contributed by atoms with Crippen molar-refractivity contribution in [2.75, 3.05) is 6.61 Å². The number of ether oxygens (including phenoxy) is 1. The van der Waals surface area contributed by atoms with Crippen molar-refractivity contribution in [2.45, 2.75) is 34.1 Å². The quantitative estimate of drug-likeness (QED) is 0.301. The van der Waals surface area contributed by atoms with Crippen LogP contribution in [-0.4, -0.2) is 23.3 Å². The molecule has 6 nitrogen and oxygen atoms in total. The van der Waals surface area contributed by atoms with Crippen LogP contribution in [0, 0.1) is 22.0 Å². The predicted molar refractivity (Wildman–Crippen MR) is 65.3 cm³/mol. The maximum Gasteiger partial charge on any atom is 0.320 e. The van der Waals surface area contributed by atoms with Gasteiger partial charge in [0.15, 0.2) is 0 Å². The molecule has 102 valence electrons. The zero-order chi connectivity index (χ0) is 14.3. The highest BCUT2D eigenvalue weighted by Gasteiger charge is 2.31. The molecule has 18 heavy (non-hydrogen) atoms. The van der Waals surface area contributed by atoms with Gasteiger partial charge in [-0.2, -0.15) is 0 Å². The fourth-order valence-corrected chi connectivity index (χ4v) is 1.66. The van der Waals surface area contributed by atoms with Crippen LogP contribution in [0.25, 0.3) is 0 Å². The van der Waals surface area contributed by atoms with Gasteiger partial charge in [-0.25, -0.2) is 0 Å². The van der Waals surface area contributed by atoms with Crippen LogP contribution < -0.4 is 0 Å². The van der Waals surface area contributed by atoms with Gasteiger partial charge in [0, 0.05) is 5.57 Å². The SMILES string of the molecule is CCOC(=O)C(C(C)=O)/C(=C/[N+](=O)[O-])CC(C)C. The molecule has 6 heteroatoms. The topological polar surface area (TPSA) is 86.5 Å². The van der Waals surface area contributed by atoms with Crippen molar-refractivity contribution >= 4 is 11.8 Å². The third kappa shape index (κ3) is 5.56. The lowest BCUT2D eigenvalue weighted by molar-refractivity contribution is -0.403. The van der Waals surface area contributed by atoms with Gasteiger partial charge in [0.05, 0.1) is 11.5 Å². The molecule has 0 spiro atoms. The molecule has 0 heterocycles. The molecule has 0 aliphatic heterocycles. The van der Waals surface area contributed by atoms with Gasteiger partial charge in [-0.05, 0) is 26.2 Å². The number of nitrogens with zero attached hydrogens (tertiary/aromatic N) is 1. The van der Waals surface area contributed by atoms with E-state index in [1.807, 2.05) is 13.8 Å². The van der Waals surface area contributed by atoms with Gasteiger partial charge < -0.3 is 4.74 Å². The van der Waals surface area contributed by atoms with Crippen LogP contribution >= 0.6 is 0 Å². The Hall–Kier alpha value is -1.72. The summed E-state index contributed by atoms with van der Waals surface area (Å²) in [6.07, 6.45) is 1.05. The molecular weight excluding hydrogens is 238 g/mol. The number of esters is 1. The van der Waals surface area contributed by atoms with Crippen molar-refractivity contribution in [1.82, 2.24) is 0 Å². The second kappa shape index (κ2) is 7.58. The van der Waals surface area contributed by atoms with Crippen LogP contribution in [0.2, 0.25) is 0 Å². The first kappa shape index (κ1) is 16.3. The summed E-state index contributed by atoms with van der Waals surface area (Å²) in [5.74, 6) is -2.23. The lowest BCUT2D eigenvalue weighted by Crippen LogP contribution is -2.27. The fraction of sp³-hybridized carbons (Fsp3) is 0.667. The Labute approximate surface area is 106 Å². The van der Waals surface area contributed by atoms with E-state index in [0.29, 0.717) is 6.42 Å². The maximum atomic E-state index is 11.7. The summed E-state index contributed by atoms with van der Waals surface area (Å²) in [5.41, 5.74) is 0.195. The molecule has 0 bridgehead atoms. The van der Waals surface area contributed by atoms with Crippen LogP contribution in [-0.2, 0) is 14.3 Å². The molecule has 0 aromatic heterocycles. The first-order valence-electron chi connectivity index (χ1n) is 5.80. The standard InChI is InChI=1S/C12H19NO5/c1-5-18-12(15)11(9(4)14)10(6-8(2)3)7-13(16)17/h7-8,11H,5-6H2,1-4H3/b10-7+. The van der Waals surface area contributed by atoms with Gasteiger partial charge in [-0.15, -0.1) is 0 Å². The van der Waals surface area contributed by atoms with Crippen LogP contribution in [0.3, 0.4) is 0 Å². The van der Waals surface area contributed by atoms with E-state index >= 15 is 0 Å². The molecule has 0 fully saturated rings. The van der Waals surface area contributed by atoms with Gasteiger partial charge in [0.25, 0.3) is 0 Å². The lowest BCUT2D eigenvalue weighted by Gasteiger charge is -2.16. The minimum absolute atomic E-state index is 0.104. The van der Waals surface area contributed by atoms with Gasteiger partial charge in [-0.1, -0.05) is 13.8 Å². The second-order valence-electron chi connectivity index (χ2n) is 4.38. The van der Waals surface area contributed by atoms with Crippen LogP contribution in [0.1, 0.15) is 34.1 Å². The number of ketones is 1. The summed E-state index contributed by atoms with van der Waals surface area (Å²) in [7, 11) is 0. The molecular formula is C12H19NO5. The summed E-state index contributed by atoms with van der Waals surface area (Å²) in [6, 6.07) is 0. The first-order valence-corrected chi connectivity index (χ1v) is 5.80. The maximum absolute atomic E-state index is 11.7. The molecule has 0 N–H and O–H groups in total. The van der Waals surface area contributed by atoms with E-state index in [4.69, 9.17) is 4.74 Å². The normalized spacial score (nSPS) is 13.3. The Morgan fingerprint density at radius 1 is 1.39 bits per heavy atom. The highest BCUT2D eigenvalue weighted by atomic mass is 16.6. The molecule has 1 atom stereocenters. The molecule has 1 unspecified atom stereocenters. The van der Waals surface area contributed by atoms with E-state index in [1.165, 1.54) is 6.92 Å². The fourth-order valence-electron chi connectivity index (χ4n) is 1.66. The Bertz CT molecular complexity index is 359. The van der Waals surface area contributed by atoms with Gasteiger partial charge in [0.1, 0.15) is 11.7 Å². The summed E-state index contributed by atoms with van der Waals surface area (Å²) in [6.45, 7) is 6.70. The summed E-state index contributed by atoms with van der Waals surface area (Å²) in [4.78, 5) is 33.1. The van der Waals surface area contributed by atoms with E-state index in [-0.39, 0.29) is 18.1 Å². The summed E-state index contributed by atoms with van der Waals surface area (Å²) >= 11 is 0. The van der Waals surface area contributed by atoms with Gasteiger partial charge in [-0.3, -0.25) is 19.7 Å². The molecule has 0 amide bonds. The van der Waals surface area contributed by atoms with Crippen molar-refractivity contribution in [2.24, 2.45) is 11.8 Å². The summed E-state index contributed by atoms with van der Waals surface area (Å²) in [5, 5.41) is 10.6. The Balaban J connectivity index is 5.29. The molecule has 0 aromatic carbocycles.